The molecule has 3 aromatic rings. The van der Waals surface area contributed by atoms with Gasteiger partial charge in [0.05, 0.1) is 52.6 Å². The Hall–Kier alpha value is -4.21. The largest absolute Gasteiger partial charge is 0.503 e. The summed E-state index contributed by atoms with van der Waals surface area (Å²) in [5.41, 5.74) is 0.855. The number of likely N-dealkylation sites (tertiary alicyclic amines) is 1. The summed E-state index contributed by atoms with van der Waals surface area (Å²) in [5.74, 6) is -6.01. The Morgan fingerprint density at radius 2 is 1.70 bits per heavy atom. The lowest BCUT2D eigenvalue weighted by Crippen LogP contribution is -2.48. The van der Waals surface area contributed by atoms with Crippen LogP contribution in [0.5, 0.6) is 11.5 Å². The molecule has 11 heteroatoms. The number of hydrogen-bond donors (Lipinski definition) is 1. The van der Waals surface area contributed by atoms with Gasteiger partial charge in [0.1, 0.15) is 5.82 Å². The summed E-state index contributed by atoms with van der Waals surface area (Å²) in [4.78, 5) is 59.0. The van der Waals surface area contributed by atoms with Crippen molar-refractivity contribution in [2.24, 2.45) is 29.1 Å². The van der Waals surface area contributed by atoms with Crippen LogP contribution in [0.1, 0.15) is 36.8 Å². The maximum absolute atomic E-state index is 14.5. The standard InChI is InChI=1S/C35H29Cl2FN2O6/c1-35-23(32(43)40(34(35)45)19-8-11-26(38)24(36)14-19)15-22-20(29(35)18-12-25(37)30(41)27(13-18)46-2)9-10-21-28(22)33(44)39(31(21)42)16-17-6-4-3-5-7-17/h3-9,11-14,21-23,28-29,41H,10,15-16H2,1-2H3. The third-order valence-corrected chi connectivity index (χ3v) is 10.9. The Balaban J connectivity index is 1.36. The number of benzene rings is 3. The minimum Gasteiger partial charge on any atom is -0.503 e. The van der Waals surface area contributed by atoms with Gasteiger partial charge in [-0.3, -0.25) is 24.1 Å². The van der Waals surface area contributed by atoms with Gasteiger partial charge in [0.25, 0.3) is 0 Å². The molecule has 1 N–H and O–H groups in total. The van der Waals surface area contributed by atoms with Crippen LogP contribution < -0.4 is 9.64 Å². The van der Waals surface area contributed by atoms with Gasteiger partial charge in [-0.2, -0.15) is 0 Å². The number of imide groups is 2. The SMILES string of the molecule is COc1cc(C2C3=CCC4C(=O)N(Cc5ccccc5)C(=O)C4C3CC3C(=O)N(c4ccc(F)c(Cl)c4)C(=O)C32C)cc(Cl)c1O. The second kappa shape index (κ2) is 11.0. The van der Waals surface area contributed by atoms with E-state index in [0.29, 0.717) is 5.56 Å². The van der Waals surface area contributed by atoms with Gasteiger partial charge in [-0.25, -0.2) is 9.29 Å². The van der Waals surface area contributed by atoms with Crippen molar-refractivity contribution in [3.63, 3.8) is 0 Å². The molecule has 2 heterocycles. The number of hydrogen-bond acceptors (Lipinski definition) is 6. The van der Waals surface area contributed by atoms with E-state index in [2.05, 4.69) is 0 Å². The summed E-state index contributed by atoms with van der Waals surface area (Å²) < 4.78 is 19.5. The highest BCUT2D eigenvalue weighted by Crippen LogP contribution is 2.64. The predicted octanol–water partition coefficient (Wildman–Crippen LogP) is 6.28. The van der Waals surface area contributed by atoms with Crippen molar-refractivity contribution in [2.45, 2.75) is 32.2 Å². The number of fused-ring (bicyclic) bond motifs is 4. The highest BCUT2D eigenvalue weighted by atomic mass is 35.5. The molecule has 6 unspecified atom stereocenters. The molecular weight excluding hydrogens is 634 g/mol. The van der Waals surface area contributed by atoms with Crippen LogP contribution in [-0.4, -0.2) is 40.7 Å². The number of halogens is 3. The molecule has 4 amide bonds. The minimum atomic E-state index is -1.37. The first-order valence-corrected chi connectivity index (χ1v) is 15.7. The zero-order valence-electron chi connectivity index (χ0n) is 24.9. The maximum Gasteiger partial charge on any atom is 0.241 e. The van der Waals surface area contributed by atoms with E-state index in [4.69, 9.17) is 27.9 Å². The number of phenols is 1. The molecule has 2 aliphatic heterocycles. The summed E-state index contributed by atoms with van der Waals surface area (Å²) in [6.07, 6.45) is 2.36. The van der Waals surface area contributed by atoms with Gasteiger partial charge in [0, 0.05) is 5.92 Å². The Labute approximate surface area is 274 Å². The molecule has 4 aliphatic rings. The zero-order chi connectivity index (χ0) is 32.7. The molecule has 46 heavy (non-hydrogen) atoms. The first-order chi connectivity index (χ1) is 22.0. The number of nitrogens with zero attached hydrogens (tertiary/aromatic N) is 2. The lowest BCUT2D eigenvalue weighted by molar-refractivity contribution is -0.141. The maximum atomic E-state index is 14.5. The van der Waals surface area contributed by atoms with Crippen molar-refractivity contribution in [2.75, 3.05) is 12.0 Å². The van der Waals surface area contributed by atoms with Crippen LogP contribution in [-0.2, 0) is 25.7 Å². The second-order valence-electron chi connectivity index (χ2n) is 12.6. The van der Waals surface area contributed by atoms with Crippen molar-refractivity contribution in [1.82, 2.24) is 4.90 Å². The molecule has 1 saturated carbocycles. The highest BCUT2D eigenvalue weighted by Gasteiger charge is 2.67. The van der Waals surface area contributed by atoms with Gasteiger partial charge in [-0.1, -0.05) is 65.2 Å². The fraction of sp³-hybridized carbons (Fsp3) is 0.314. The first-order valence-electron chi connectivity index (χ1n) is 15.0. The number of phenolic OH excluding ortho intramolecular Hbond substituents is 1. The number of ether oxygens (including phenoxy) is 1. The molecule has 0 radical (unpaired) electrons. The summed E-state index contributed by atoms with van der Waals surface area (Å²) in [6, 6.07) is 16.1. The molecule has 8 nitrogen and oxygen atoms in total. The minimum absolute atomic E-state index is 0.00832. The third-order valence-electron chi connectivity index (χ3n) is 10.3. The molecule has 6 atom stereocenters. The topological polar surface area (TPSA) is 104 Å². The van der Waals surface area contributed by atoms with Crippen LogP contribution in [0, 0.1) is 34.9 Å². The average molecular weight is 664 g/mol. The molecule has 236 valence electrons. The molecular formula is C35H29Cl2FN2O6. The lowest BCUT2D eigenvalue weighted by Gasteiger charge is -2.49. The molecule has 2 aliphatic carbocycles. The molecule has 3 aromatic carbocycles. The van der Waals surface area contributed by atoms with Gasteiger partial charge in [0.15, 0.2) is 11.5 Å². The number of carbonyl (C=O) groups excluding carboxylic acids is 4. The Bertz CT molecular complexity index is 1860. The van der Waals surface area contributed by atoms with E-state index in [1.165, 1.54) is 24.1 Å². The predicted molar refractivity (Wildman–Crippen MR) is 168 cm³/mol. The second-order valence-corrected chi connectivity index (χ2v) is 13.4. The first kappa shape index (κ1) is 30.4. The summed E-state index contributed by atoms with van der Waals surface area (Å²) in [5, 5.41) is 10.3. The number of methoxy groups -OCH3 is 1. The third kappa shape index (κ3) is 4.32. The number of aromatic hydroxyl groups is 1. The number of anilines is 1. The number of amides is 4. The Kier molecular flexibility index (Phi) is 7.25. The fourth-order valence-corrected chi connectivity index (χ4v) is 8.56. The smallest absolute Gasteiger partial charge is 0.241 e. The van der Waals surface area contributed by atoms with Gasteiger partial charge in [-0.15, -0.1) is 0 Å². The van der Waals surface area contributed by atoms with Crippen LogP contribution in [0.25, 0.3) is 0 Å². The normalized spacial score (nSPS) is 28.6. The Morgan fingerprint density at radius 1 is 0.957 bits per heavy atom. The Morgan fingerprint density at radius 3 is 2.39 bits per heavy atom. The van der Waals surface area contributed by atoms with Crippen LogP contribution >= 0.6 is 23.2 Å². The van der Waals surface area contributed by atoms with Crippen LogP contribution in [0.4, 0.5) is 10.1 Å². The van der Waals surface area contributed by atoms with E-state index in [1.54, 1.807) is 19.1 Å². The van der Waals surface area contributed by atoms with Crippen LogP contribution in [0.3, 0.4) is 0 Å². The molecule has 2 saturated heterocycles. The zero-order valence-corrected chi connectivity index (χ0v) is 26.4. The fourth-order valence-electron chi connectivity index (χ4n) is 8.17. The van der Waals surface area contributed by atoms with Crippen molar-refractivity contribution >= 4 is 52.5 Å². The average Bonchev–Trinajstić information content (AvgIpc) is 3.39. The number of carbonyl (C=O) groups is 4. The number of rotatable bonds is 5. The van der Waals surface area contributed by atoms with Crippen molar-refractivity contribution < 1.29 is 33.4 Å². The molecule has 3 fully saturated rings. The summed E-state index contributed by atoms with van der Waals surface area (Å²) in [6.45, 7) is 1.85. The monoisotopic (exact) mass is 662 g/mol. The van der Waals surface area contributed by atoms with Crippen molar-refractivity contribution in [3.05, 3.63) is 99.3 Å². The van der Waals surface area contributed by atoms with Gasteiger partial charge in [0.2, 0.25) is 23.6 Å². The quantitative estimate of drug-likeness (QED) is 0.255. The van der Waals surface area contributed by atoms with E-state index in [9.17, 15) is 28.7 Å². The van der Waals surface area contributed by atoms with E-state index >= 15 is 0 Å². The molecule has 0 aromatic heterocycles. The van der Waals surface area contributed by atoms with E-state index < -0.39 is 52.6 Å². The van der Waals surface area contributed by atoms with E-state index in [-0.39, 0.29) is 58.4 Å². The summed E-state index contributed by atoms with van der Waals surface area (Å²) >= 11 is 12.5. The van der Waals surface area contributed by atoms with Crippen molar-refractivity contribution in [3.8, 4) is 11.5 Å². The van der Waals surface area contributed by atoms with E-state index in [0.717, 1.165) is 22.1 Å². The van der Waals surface area contributed by atoms with Gasteiger partial charge >= 0.3 is 0 Å². The molecule has 0 spiro atoms. The highest BCUT2D eigenvalue weighted by molar-refractivity contribution is 6.32. The lowest BCUT2D eigenvalue weighted by atomic mass is 9.51. The van der Waals surface area contributed by atoms with Crippen LogP contribution in [0.2, 0.25) is 10.0 Å². The molecule has 7 rings (SSSR count). The van der Waals surface area contributed by atoms with Crippen molar-refractivity contribution in [1.29, 1.82) is 0 Å². The molecule has 0 bridgehead atoms. The van der Waals surface area contributed by atoms with E-state index in [1.807, 2.05) is 36.4 Å². The van der Waals surface area contributed by atoms with Crippen LogP contribution in [0.15, 0.2) is 72.3 Å². The number of allylic oxidation sites excluding steroid dienone is 2. The van der Waals surface area contributed by atoms with Gasteiger partial charge < -0.3 is 9.84 Å². The van der Waals surface area contributed by atoms with Gasteiger partial charge in [-0.05, 0) is 67.1 Å². The summed E-state index contributed by atoms with van der Waals surface area (Å²) in [7, 11) is 1.38.